The van der Waals surface area contributed by atoms with Gasteiger partial charge >= 0.3 is 5.97 Å². The molecular formula is C20H25N3O3. The van der Waals surface area contributed by atoms with Crippen LogP contribution < -0.4 is 5.32 Å². The van der Waals surface area contributed by atoms with Crippen molar-refractivity contribution in [2.45, 2.75) is 52.6 Å². The van der Waals surface area contributed by atoms with Gasteiger partial charge in [-0.3, -0.25) is 9.59 Å². The van der Waals surface area contributed by atoms with Crippen molar-refractivity contribution in [2.24, 2.45) is 10.8 Å². The van der Waals surface area contributed by atoms with Crippen LogP contribution in [0.2, 0.25) is 0 Å². The molecule has 1 aromatic heterocycles. The summed E-state index contributed by atoms with van der Waals surface area (Å²) in [6, 6.07) is 6.07. The Morgan fingerprint density at radius 3 is 2.73 bits per heavy atom. The molecule has 2 aliphatic rings. The molecule has 2 aromatic rings. The zero-order valence-electron chi connectivity index (χ0n) is 15.7. The number of H-pyrrole nitrogens is 1. The number of fused-ring (bicyclic) bond motifs is 3. The first kappa shape index (κ1) is 17.1. The summed E-state index contributed by atoms with van der Waals surface area (Å²) < 4.78 is 5.58. The molecule has 1 saturated carbocycles. The molecule has 0 radical (unpaired) electrons. The lowest BCUT2D eigenvalue weighted by Gasteiger charge is -2.34. The van der Waals surface area contributed by atoms with Crippen molar-refractivity contribution < 1.29 is 14.3 Å². The largest absolute Gasteiger partial charge is 0.458 e. The second-order valence-electron chi connectivity index (χ2n) is 8.36. The van der Waals surface area contributed by atoms with Crippen LogP contribution >= 0.6 is 0 Å². The maximum Gasteiger partial charge on any atom is 0.322 e. The Kier molecular flexibility index (Phi) is 3.49. The second-order valence-corrected chi connectivity index (χ2v) is 8.36. The van der Waals surface area contributed by atoms with E-state index in [1.54, 1.807) is 0 Å². The van der Waals surface area contributed by atoms with E-state index in [0.717, 1.165) is 23.3 Å². The van der Waals surface area contributed by atoms with Gasteiger partial charge in [-0.25, -0.2) is 4.98 Å². The quantitative estimate of drug-likeness (QED) is 0.652. The summed E-state index contributed by atoms with van der Waals surface area (Å²) >= 11 is 0. The van der Waals surface area contributed by atoms with Gasteiger partial charge in [-0.15, -0.1) is 0 Å². The molecule has 26 heavy (non-hydrogen) atoms. The zero-order chi connectivity index (χ0) is 18.7. The number of aromatic nitrogens is 2. The predicted molar refractivity (Wildman–Crippen MR) is 97.5 cm³/mol. The van der Waals surface area contributed by atoms with E-state index in [9.17, 15) is 9.59 Å². The molecule has 1 amide bonds. The van der Waals surface area contributed by atoms with Crippen molar-refractivity contribution in [3.8, 4) is 0 Å². The van der Waals surface area contributed by atoms with Gasteiger partial charge in [-0.1, -0.05) is 19.9 Å². The van der Waals surface area contributed by atoms with Crippen LogP contribution in [0.15, 0.2) is 18.2 Å². The number of ether oxygens (including phenoxy) is 1. The molecule has 138 valence electrons. The number of benzene rings is 1. The minimum absolute atomic E-state index is 0.222. The minimum atomic E-state index is -1.08. The SMILES string of the molecule is Cc1ccc2nc(CCNC(=O)[C@@]34CC[C@@](C)(OC3=O)C4(C)C)[nH]c2c1. The molecular weight excluding hydrogens is 330 g/mol. The molecule has 1 aliphatic heterocycles. The summed E-state index contributed by atoms with van der Waals surface area (Å²) in [4.78, 5) is 33.3. The molecule has 2 N–H and O–H groups in total. The Bertz CT molecular complexity index is 916. The topological polar surface area (TPSA) is 84.1 Å². The van der Waals surface area contributed by atoms with Crippen LogP contribution in [0, 0.1) is 17.8 Å². The Morgan fingerprint density at radius 2 is 2.08 bits per heavy atom. The van der Waals surface area contributed by atoms with Gasteiger partial charge in [0.1, 0.15) is 11.4 Å². The number of carbonyl (C=O) groups excluding carboxylic acids is 2. The first-order valence-electron chi connectivity index (χ1n) is 9.17. The molecule has 1 aromatic carbocycles. The summed E-state index contributed by atoms with van der Waals surface area (Å²) in [5.41, 5.74) is 0.939. The lowest BCUT2D eigenvalue weighted by atomic mass is 9.65. The molecule has 6 nitrogen and oxygen atoms in total. The number of hydrogen-bond acceptors (Lipinski definition) is 4. The molecule has 4 rings (SSSR count). The summed E-state index contributed by atoms with van der Waals surface area (Å²) in [6.07, 6.45) is 1.86. The first-order valence-corrected chi connectivity index (χ1v) is 9.17. The second kappa shape index (κ2) is 5.32. The number of nitrogens with zero attached hydrogens (tertiary/aromatic N) is 1. The van der Waals surface area contributed by atoms with Crippen molar-refractivity contribution >= 4 is 22.9 Å². The lowest BCUT2D eigenvalue weighted by Crippen LogP contribution is -2.51. The van der Waals surface area contributed by atoms with Gasteiger partial charge in [-0.05, 0) is 44.4 Å². The third kappa shape index (κ3) is 2.07. The smallest absolute Gasteiger partial charge is 0.322 e. The number of nitrogens with one attached hydrogen (secondary N) is 2. The number of amides is 1. The van der Waals surface area contributed by atoms with Gasteiger partial charge < -0.3 is 15.0 Å². The van der Waals surface area contributed by atoms with E-state index < -0.39 is 16.4 Å². The van der Waals surface area contributed by atoms with Crippen molar-refractivity contribution in [1.29, 1.82) is 0 Å². The third-order valence-electron chi connectivity index (χ3n) is 6.75. The zero-order valence-corrected chi connectivity index (χ0v) is 15.7. The van der Waals surface area contributed by atoms with E-state index in [2.05, 4.69) is 21.4 Å². The van der Waals surface area contributed by atoms with Crippen molar-refractivity contribution in [3.05, 3.63) is 29.6 Å². The van der Waals surface area contributed by atoms with E-state index in [0.29, 0.717) is 19.4 Å². The standard InChI is InChI=1S/C20H25N3O3/c1-12-5-6-13-14(11-12)23-15(22-13)7-10-21-16(24)20-9-8-19(4,18(20,2)3)26-17(20)25/h5-6,11H,7-10H2,1-4H3,(H,21,24)(H,22,23)/t19-,20+/m1/s1. The molecule has 0 unspecified atom stereocenters. The van der Waals surface area contributed by atoms with Gasteiger partial charge in [0.05, 0.1) is 11.0 Å². The van der Waals surface area contributed by atoms with Crippen LogP contribution in [0.5, 0.6) is 0 Å². The van der Waals surface area contributed by atoms with Crippen LogP contribution in [-0.2, 0) is 20.7 Å². The monoisotopic (exact) mass is 355 g/mol. The summed E-state index contributed by atoms with van der Waals surface area (Å²) in [7, 11) is 0. The Morgan fingerprint density at radius 1 is 1.31 bits per heavy atom. The van der Waals surface area contributed by atoms with Gasteiger partial charge in [0.2, 0.25) is 5.91 Å². The van der Waals surface area contributed by atoms with E-state index >= 15 is 0 Å². The molecule has 2 fully saturated rings. The predicted octanol–water partition coefficient (Wildman–Crippen LogP) is 2.65. The summed E-state index contributed by atoms with van der Waals surface area (Å²) in [6.45, 7) is 8.33. The fourth-order valence-electron chi connectivity index (χ4n) is 4.56. The van der Waals surface area contributed by atoms with Crippen molar-refractivity contribution in [2.75, 3.05) is 6.54 Å². The van der Waals surface area contributed by atoms with E-state index in [4.69, 9.17) is 4.74 Å². The molecule has 1 aliphatic carbocycles. The fraction of sp³-hybridized carbons (Fsp3) is 0.550. The molecule has 2 atom stereocenters. The number of aryl methyl sites for hydroxylation is 1. The minimum Gasteiger partial charge on any atom is -0.458 e. The van der Waals surface area contributed by atoms with Crippen LogP contribution in [0.3, 0.4) is 0 Å². The van der Waals surface area contributed by atoms with Gasteiger partial charge in [0, 0.05) is 18.4 Å². The highest BCUT2D eigenvalue weighted by molar-refractivity contribution is 6.06. The molecule has 2 bridgehead atoms. The van der Waals surface area contributed by atoms with Crippen LogP contribution in [0.25, 0.3) is 11.0 Å². The van der Waals surface area contributed by atoms with Crippen LogP contribution in [0.1, 0.15) is 45.0 Å². The molecule has 2 heterocycles. The Hall–Kier alpha value is -2.37. The van der Waals surface area contributed by atoms with Crippen molar-refractivity contribution in [1.82, 2.24) is 15.3 Å². The maximum atomic E-state index is 13.0. The normalized spacial score (nSPS) is 29.2. The number of esters is 1. The average Bonchev–Trinajstić information content (AvgIpc) is 3.09. The third-order valence-corrected chi connectivity index (χ3v) is 6.75. The maximum absolute atomic E-state index is 13.0. The summed E-state index contributed by atoms with van der Waals surface area (Å²) in [5, 5.41) is 2.95. The van der Waals surface area contributed by atoms with Crippen LogP contribution in [-0.4, -0.2) is 34.0 Å². The number of carbonyl (C=O) groups is 2. The number of aromatic amines is 1. The van der Waals surface area contributed by atoms with E-state index in [-0.39, 0.29) is 11.9 Å². The van der Waals surface area contributed by atoms with Gasteiger partial charge in [-0.2, -0.15) is 0 Å². The number of hydrogen-bond donors (Lipinski definition) is 2. The van der Waals surface area contributed by atoms with Gasteiger partial charge in [0.15, 0.2) is 5.41 Å². The fourth-order valence-corrected chi connectivity index (χ4v) is 4.56. The van der Waals surface area contributed by atoms with Crippen LogP contribution in [0.4, 0.5) is 0 Å². The molecule has 0 spiro atoms. The first-order chi connectivity index (χ1) is 12.2. The number of imidazole rings is 1. The summed E-state index contributed by atoms with van der Waals surface area (Å²) in [5.74, 6) is 0.224. The van der Waals surface area contributed by atoms with E-state index in [1.165, 1.54) is 5.56 Å². The Labute approximate surface area is 152 Å². The highest BCUT2D eigenvalue weighted by Crippen LogP contribution is 2.65. The van der Waals surface area contributed by atoms with Gasteiger partial charge in [0.25, 0.3) is 0 Å². The van der Waals surface area contributed by atoms with Crippen molar-refractivity contribution in [3.63, 3.8) is 0 Å². The number of rotatable bonds is 4. The lowest BCUT2D eigenvalue weighted by molar-refractivity contribution is -0.162. The highest BCUT2D eigenvalue weighted by atomic mass is 16.6. The average molecular weight is 355 g/mol. The van der Waals surface area contributed by atoms with E-state index in [1.807, 2.05) is 39.8 Å². The highest BCUT2D eigenvalue weighted by Gasteiger charge is 2.76. The Balaban J connectivity index is 1.46. The molecule has 1 saturated heterocycles. The molecule has 6 heteroatoms.